The number of benzene rings is 1. The van der Waals surface area contributed by atoms with Crippen molar-refractivity contribution in [3.05, 3.63) is 66.3 Å². The van der Waals surface area contributed by atoms with E-state index in [1.807, 2.05) is 40.9 Å². The molecule has 1 amide bonds. The number of nitrogens with zero attached hydrogens (tertiary/aromatic N) is 7. The number of hydrogen-bond acceptors (Lipinski definition) is 8. The standard InChI is InChI=1S/C25H20N8O3S/c1-26-18-12-16(4-6-19(18)36-11-10-34)17-5-7-22-29-30-25(32(22)13-17)37-23-9-8-21-27-20(14-33(21)31-23)28-24(35)15-2-3-15/h4-9,12-15,34H,2-3,10-11H2,(H,28,35). The Bertz CT molecular complexity index is 1680. The van der Waals surface area contributed by atoms with Crippen LogP contribution in [0.3, 0.4) is 0 Å². The van der Waals surface area contributed by atoms with Crippen LogP contribution in [-0.4, -0.2) is 53.4 Å². The Hall–Kier alpha value is -4.47. The zero-order valence-electron chi connectivity index (χ0n) is 19.4. The second-order valence-corrected chi connectivity index (χ2v) is 9.45. The van der Waals surface area contributed by atoms with Crippen molar-refractivity contribution in [2.24, 2.45) is 5.92 Å². The smallest absolute Gasteiger partial charge is 0.228 e. The Morgan fingerprint density at radius 2 is 1.97 bits per heavy atom. The van der Waals surface area contributed by atoms with E-state index in [2.05, 4.69) is 30.4 Å². The average Bonchev–Trinajstić information content (AvgIpc) is 3.59. The van der Waals surface area contributed by atoms with Gasteiger partial charge in [-0.2, -0.15) is 5.10 Å². The van der Waals surface area contributed by atoms with Gasteiger partial charge in [0, 0.05) is 12.1 Å². The molecule has 1 aliphatic carbocycles. The first-order valence-electron chi connectivity index (χ1n) is 11.6. The van der Waals surface area contributed by atoms with Gasteiger partial charge in [-0.3, -0.25) is 9.20 Å². The molecule has 0 radical (unpaired) electrons. The van der Waals surface area contributed by atoms with E-state index in [4.69, 9.17) is 16.4 Å². The quantitative estimate of drug-likeness (QED) is 0.301. The van der Waals surface area contributed by atoms with Gasteiger partial charge >= 0.3 is 0 Å². The lowest BCUT2D eigenvalue weighted by atomic mass is 10.1. The maximum absolute atomic E-state index is 12.0. The van der Waals surface area contributed by atoms with Crippen molar-refractivity contribution in [3.8, 4) is 16.9 Å². The minimum absolute atomic E-state index is 0.000387. The summed E-state index contributed by atoms with van der Waals surface area (Å²) in [6.07, 6.45) is 5.47. The molecule has 5 aromatic rings. The Morgan fingerprint density at radius 1 is 1.14 bits per heavy atom. The highest BCUT2D eigenvalue weighted by molar-refractivity contribution is 7.99. The van der Waals surface area contributed by atoms with Crippen LogP contribution in [0.4, 0.5) is 11.5 Å². The third kappa shape index (κ3) is 4.69. The summed E-state index contributed by atoms with van der Waals surface area (Å²) in [7, 11) is 0. The second-order valence-electron chi connectivity index (χ2n) is 8.46. The van der Waals surface area contributed by atoms with Gasteiger partial charge in [0.2, 0.25) is 16.8 Å². The number of carbonyl (C=O) groups excluding carboxylic acids is 1. The Balaban J connectivity index is 1.26. The van der Waals surface area contributed by atoms with Gasteiger partial charge in [0.05, 0.1) is 19.4 Å². The SMILES string of the molecule is [C-]#[N+]c1cc(-c2ccc3nnc(Sc4ccc5nc(NC(=O)C6CC6)cn5n4)n3c2)ccc1OCCO. The predicted octanol–water partition coefficient (Wildman–Crippen LogP) is 3.86. The van der Waals surface area contributed by atoms with E-state index < -0.39 is 0 Å². The lowest BCUT2D eigenvalue weighted by molar-refractivity contribution is -0.117. The van der Waals surface area contributed by atoms with Crippen LogP contribution in [0.5, 0.6) is 5.75 Å². The summed E-state index contributed by atoms with van der Waals surface area (Å²) >= 11 is 1.35. The molecule has 0 unspecified atom stereocenters. The molecule has 184 valence electrons. The molecule has 11 nitrogen and oxygen atoms in total. The number of hydrogen-bond donors (Lipinski definition) is 2. The first kappa shape index (κ1) is 23.0. The number of ether oxygens (including phenoxy) is 1. The van der Waals surface area contributed by atoms with E-state index in [-0.39, 0.29) is 25.0 Å². The molecule has 0 spiro atoms. The van der Waals surface area contributed by atoms with Gasteiger partial charge in [-0.05, 0) is 72.1 Å². The number of anilines is 1. The van der Waals surface area contributed by atoms with E-state index in [1.54, 1.807) is 22.8 Å². The lowest BCUT2D eigenvalue weighted by Crippen LogP contribution is -2.13. The fourth-order valence-electron chi connectivity index (χ4n) is 3.82. The normalized spacial score (nSPS) is 13.1. The van der Waals surface area contributed by atoms with Crippen molar-refractivity contribution < 1.29 is 14.6 Å². The van der Waals surface area contributed by atoms with E-state index in [9.17, 15) is 4.79 Å². The maximum atomic E-state index is 12.0. The van der Waals surface area contributed by atoms with Crippen molar-refractivity contribution in [3.63, 3.8) is 0 Å². The Labute approximate surface area is 214 Å². The summed E-state index contributed by atoms with van der Waals surface area (Å²) in [5, 5.41) is 26.3. The molecule has 0 saturated heterocycles. The van der Waals surface area contributed by atoms with Crippen LogP contribution in [0.15, 0.2) is 65.0 Å². The van der Waals surface area contributed by atoms with Crippen LogP contribution in [0.2, 0.25) is 0 Å². The van der Waals surface area contributed by atoms with Gasteiger partial charge in [0.1, 0.15) is 17.4 Å². The number of aliphatic hydroxyl groups excluding tert-OH is 1. The zero-order chi connectivity index (χ0) is 25.4. The minimum atomic E-state index is -0.120. The number of amides is 1. The third-order valence-corrected chi connectivity index (χ3v) is 6.71. The van der Waals surface area contributed by atoms with Crippen molar-refractivity contribution >= 4 is 40.5 Å². The molecule has 1 aliphatic rings. The molecule has 1 aromatic carbocycles. The molecule has 37 heavy (non-hydrogen) atoms. The number of imidazole rings is 1. The predicted molar refractivity (Wildman–Crippen MR) is 136 cm³/mol. The summed E-state index contributed by atoms with van der Waals surface area (Å²) in [5.41, 5.74) is 3.39. The molecule has 1 fully saturated rings. The monoisotopic (exact) mass is 512 g/mol. The number of carbonyl (C=O) groups is 1. The Morgan fingerprint density at radius 3 is 2.78 bits per heavy atom. The fraction of sp³-hybridized carbons (Fsp3) is 0.200. The van der Waals surface area contributed by atoms with Crippen LogP contribution < -0.4 is 10.1 Å². The third-order valence-electron chi connectivity index (χ3n) is 5.82. The summed E-state index contributed by atoms with van der Waals surface area (Å²) in [4.78, 5) is 20.0. The van der Waals surface area contributed by atoms with Gasteiger partial charge in [-0.1, -0.05) is 6.07 Å². The van der Waals surface area contributed by atoms with Crippen LogP contribution in [-0.2, 0) is 4.79 Å². The van der Waals surface area contributed by atoms with E-state index in [0.29, 0.717) is 38.7 Å². The van der Waals surface area contributed by atoms with Crippen LogP contribution in [0.1, 0.15) is 12.8 Å². The summed E-state index contributed by atoms with van der Waals surface area (Å²) in [6.45, 7) is 7.49. The van der Waals surface area contributed by atoms with Gasteiger partial charge in [0.25, 0.3) is 0 Å². The number of fused-ring (bicyclic) bond motifs is 2. The molecule has 12 heteroatoms. The second kappa shape index (κ2) is 9.53. The highest BCUT2D eigenvalue weighted by Gasteiger charge is 2.30. The van der Waals surface area contributed by atoms with E-state index in [1.165, 1.54) is 11.8 Å². The average molecular weight is 513 g/mol. The van der Waals surface area contributed by atoms with Gasteiger partial charge in [-0.15, -0.1) is 10.2 Å². The number of nitrogens with one attached hydrogen (secondary N) is 1. The zero-order valence-corrected chi connectivity index (χ0v) is 20.2. The number of aromatic nitrogens is 6. The highest BCUT2D eigenvalue weighted by atomic mass is 32.2. The van der Waals surface area contributed by atoms with E-state index >= 15 is 0 Å². The first-order chi connectivity index (χ1) is 18.1. The molecular formula is C25H20N8O3S. The number of aliphatic hydroxyl groups is 1. The molecule has 4 heterocycles. The van der Waals surface area contributed by atoms with E-state index in [0.717, 1.165) is 24.0 Å². The van der Waals surface area contributed by atoms with Crippen LogP contribution >= 0.6 is 11.8 Å². The summed E-state index contributed by atoms with van der Waals surface area (Å²) in [5.74, 6) is 1.02. The molecule has 4 aromatic heterocycles. The topological polar surface area (TPSA) is 123 Å². The molecule has 0 bridgehead atoms. The van der Waals surface area contributed by atoms with Gasteiger partial charge in [0.15, 0.2) is 17.1 Å². The van der Waals surface area contributed by atoms with Crippen LogP contribution in [0, 0.1) is 12.5 Å². The maximum Gasteiger partial charge on any atom is 0.228 e. The molecule has 2 N–H and O–H groups in total. The molecule has 0 atom stereocenters. The number of pyridine rings is 1. The molecule has 1 saturated carbocycles. The highest BCUT2D eigenvalue weighted by Crippen LogP contribution is 2.34. The van der Waals surface area contributed by atoms with Crippen LogP contribution in [0.25, 0.3) is 27.3 Å². The van der Waals surface area contributed by atoms with Crippen molar-refractivity contribution in [2.45, 2.75) is 23.0 Å². The summed E-state index contributed by atoms with van der Waals surface area (Å²) < 4.78 is 8.95. The molecule has 0 aliphatic heterocycles. The van der Waals surface area contributed by atoms with Crippen molar-refractivity contribution in [2.75, 3.05) is 18.5 Å². The summed E-state index contributed by atoms with van der Waals surface area (Å²) in [6, 6.07) is 12.8. The van der Waals surface area contributed by atoms with Crippen molar-refractivity contribution in [1.29, 1.82) is 0 Å². The molecular weight excluding hydrogens is 492 g/mol. The lowest BCUT2D eigenvalue weighted by Gasteiger charge is -2.09. The molecule has 6 rings (SSSR count). The van der Waals surface area contributed by atoms with Gasteiger partial charge in [-0.25, -0.2) is 14.3 Å². The first-order valence-corrected chi connectivity index (χ1v) is 12.4. The minimum Gasteiger partial charge on any atom is -0.502 e. The van der Waals surface area contributed by atoms with Gasteiger partial charge < -0.3 is 15.2 Å². The van der Waals surface area contributed by atoms with Crippen molar-refractivity contribution in [1.82, 2.24) is 29.2 Å². The number of rotatable bonds is 8. The fourth-order valence-corrected chi connectivity index (χ4v) is 4.60. The Kier molecular flexibility index (Phi) is 5.91. The largest absolute Gasteiger partial charge is 0.502 e.